The van der Waals surface area contributed by atoms with Gasteiger partial charge in [0.2, 0.25) is 5.95 Å². The number of halogens is 1. The molecule has 2 heterocycles. The number of aromatic amines is 1. The molecule has 6 nitrogen and oxygen atoms in total. The van der Waals surface area contributed by atoms with Gasteiger partial charge in [-0.2, -0.15) is 10.1 Å². The molecule has 0 radical (unpaired) electrons. The number of nitrogens with zero attached hydrogens (tertiary/aromatic N) is 3. The topological polar surface area (TPSA) is 78.5 Å². The molecule has 2 aromatic heterocycles. The first-order chi connectivity index (χ1) is 10.3. The van der Waals surface area contributed by atoms with Crippen molar-refractivity contribution in [1.82, 2.24) is 20.2 Å². The zero-order valence-corrected chi connectivity index (χ0v) is 11.8. The second-order valence-corrected chi connectivity index (χ2v) is 4.75. The highest BCUT2D eigenvalue weighted by molar-refractivity contribution is 6.32. The lowest BCUT2D eigenvalue weighted by Crippen LogP contribution is -2.05. The summed E-state index contributed by atoms with van der Waals surface area (Å²) < 4.78 is 0. The molecule has 106 valence electrons. The van der Waals surface area contributed by atoms with Crippen molar-refractivity contribution < 1.29 is 0 Å². The van der Waals surface area contributed by atoms with E-state index in [0.717, 1.165) is 11.3 Å². The van der Waals surface area contributed by atoms with Gasteiger partial charge in [0, 0.05) is 12.7 Å². The summed E-state index contributed by atoms with van der Waals surface area (Å²) in [6, 6.07) is 10.0. The standard InChI is InChI=1S/C14H13ClN6/c15-12-9-17-14(20-11-7-18-19-8-11)21-13(12)16-6-10-4-2-1-3-5-10/h1-5,7-9H,6H2,(H,18,19)(H2,16,17,20,21). The van der Waals surface area contributed by atoms with E-state index in [9.17, 15) is 0 Å². The number of hydrogen-bond donors (Lipinski definition) is 3. The molecule has 0 amide bonds. The predicted octanol–water partition coefficient (Wildman–Crippen LogP) is 3.21. The minimum atomic E-state index is 0.455. The van der Waals surface area contributed by atoms with E-state index < -0.39 is 0 Å². The summed E-state index contributed by atoms with van der Waals surface area (Å²) in [4.78, 5) is 8.49. The average Bonchev–Trinajstić information content (AvgIpc) is 3.02. The minimum Gasteiger partial charge on any atom is -0.365 e. The van der Waals surface area contributed by atoms with Crippen LogP contribution in [0.3, 0.4) is 0 Å². The second-order valence-electron chi connectivity index (χ2n) is 4.34. The van der Waals surface area contributed by atoms with Crippen LogP contribution in [-0.2, 0) is 6.54 Å². The Morgan fingerprint density at radius 2 is 2.00 bits per heavy atom. The molecule has 21 heavy (non-hydrogen) atoms. The van der Waals surface area contributed by atoms with Gasteiger partial charge in [-0.3, -0.25) is 5.10 Å². The first-order valence-electron chi connectivity index (χ1n) is 6.37. The number of anilines is 3. The molecule has 3 rings (SSSR count). The molecule has 0 unspecified atom stereocenters. The van der Waals surface area contributed by atoms with Gasteiger partial charge < -0.3 is 10.6 Å². The van der Waals surface area contributed by atoms with Crippen LogP contribution in [0.15, 0.2) is 48.9 Å². The van der Waals surface area contributed by atoms with E-state index in [4.69, 9.17) is 11.6 Å². The number of nitrogens with one attached hydrogen (secondary N) is 3. The third-order valence-corrected chi connectivity index (χ3v) is 3.08. The monoisotopic (exact) mass is 300 g/mol. The Kier molecular flexibility index (Phi) is 3.97. The first kappa shape index (κ1) is 13.4. The van der Waals surface area contributed by atoms with Gasteiger partial charge in [0.15, 0.2) is 5.82 Å². The maximum atomic E-state index is 6.11. The van der Waals surface area contributed by atoms with Gasteiger partial charge >= 0.3 is 0 Å². The summed E-state index contributed by atoms with van der Waals surface area (Å²) in [5, 5.41) is 13.3. The third kappa shape index (κ3) is 3.49. The van der Waals surface area contributed by atoms with Crippen molar-refractivity contribution in [2.24, 2.45) is 0 Å². The molecule has 1 aromatic carbocycles. The van der Waals surface area contributed by atoms with Crippen molar-refractivity contribution in [3.8, 4) is 0 Å². The van der Waals surface area contributed by atoms with E-state index in [1.807, 2.05) is 30.3 Å². The van der Waals surface area contributed by atoms with Crippen LogP contribution in [0.4, 0.5) is 17.5 Å². The molecule has 0 spiro atoms. The van der Waals surface area contributed by atoms with Gasteiger partial charge in [0.1, 0.15) is 5.02 Å². The molecule has 0 aliphatic rings. The summed E-state index contributed by atoms with van der Waals surface area (Å²) in [7, 11) is 0. The fraction of sp³-hybridized carbons (Fsp3) is 0.0714. The Morgan fingerprint density at radius 3 is 2.76 bits per heavy atom. The van der Waals surface area contributed by atoms with Crippen molar-refractivity contribution >= 4 is 29.1 Å². The average molecular weight is 301 g/mol. The maximum absolute atomic E-state index is 6.11. The molecule has 0 fully saturated rings. The molecule has 0 saturated heterocycles. The van der Waals surface area contributed by atoms with Crippen molar-refractivity contribution in [3.63, 3.8) is 0 Å². The Balaban J connectivity index is 1.72. The Labute approximate surface area is 126 Å². The van der Waals surface area contributed by atoms with Crippen molar-refractivity contribution in [3.05, 3.63) is 59.5 Å². The highest BCUT2D eigenvalue weighted by Crippen LogP contribution is 2.21. The van der Waals surface area contributed by atoms with Crippen molar-refractivity contribution in [1.29, 1.82) is 0 Å². The third-order valence-electron chi connectivity index (χ3n) is 2.80. The van der Waals surface area contributed by atoms with Crippen molar-refractivity contribution in [2.45, 2.75) is 6.54 Å². The Bertz CT molecular complexity index is 699. The van der Waals surface area contributed by atoms with Crippen LogP contribution >= 0.6 is 11.6 Å². The quantitative estimate of drug-likeness (QED) is 0.674. The van der Waals surface area contributed by atoms with E-state index in [0.29, 0.717) is 23.3 Å². The normalized spacial score (nSPS) is 10.3. The molecule has 3 aromatic rings. The molecule has 0 aliphatic heterocycles. The van der Waals surface area contributed by atoms with Gasteiger partial charge in [0.05, 0.1) is 18.1 Å². The van der Waals surface area contributed by atoms with E-state index in [1.54, 1.807) is 18.6 Å². The SMILES string of the molecule is Clc1cnc(Nc2cn[nH]c2)nc1NCc1ccccc1. The van der Waals surface area contributed by atoms with Crippen LogP contribution in [0, 0.1) is 0 Å². The molecule has 7 heteroatoms. The molecule has 3 N–H and O–H groups in total. The lowest BCUT2D eigenvalue weighted by atomic mass is 10.2. The van der Waals surface area contributed by atoms with Crippen LogP contribution in [0.2, 0.25) is 5.02 Å². The van der Waals surface area contributed by atoms with E-state index in [2.05, 4.69) is 30.8 Å². The number of benzene rings is 1. The van der Waals surface area contributed by atoms with Crippen LogP contribution in [0.5, 0.6) is 0 Å². The second kappa shape index (κ2) is 6.23. The van der Waals surface area contributed by atoms with Crippen LogP contribution in [-0.4, -0.2) is 20.2 Å². The van der Waals surface area contributed by atoms with Gasteiger partial charge in [0.25, 0.3) is 0 Å². The van der Waals surface area contributed by atoms with Crippen molar-refractivity contribution in [2.75, 3.05) is 10.6 Å². The van der Waals surface area contributed by atoms with E-state index >= 15 is 0 Å². The van der Waals surface area contributed by atoms with E-state index in [-0.39, 0.29) is 0 Å². The summed E-state index contributed by atoms with van der Waals surface area (Å²) >= 11 is 6.11. The van der Waals surface area contributed by atoms with Crippen LogP contribution in [0.1, 0.15) is 5.56 Å². The molecular formula is C14H13ClN6. The van der Waals surface area contributed by atoms with Gasteiger partial charge in [-0.1, -0.05) is 41.9 Å². The first-order valence-corrected chi connectivity index (χ1v) is 6.75. The molecule has 0 saturated carbocycles. The minimum absolute atomic E-state index is 0.455. The number of H-pyrrole nitrogens is 1. The largest absolute Gasteiger partial charge is 0.365 e. The zero-order valence-electron chi connectivity index (χ0n) is 11.0. The Morgan fingerprint density at radius 1 is 1.14 bits per heavy atom. The smallest absolute Gasteiger partial charge is 0.229 e. The fourth-order valence-electron chi connectivity index (χ4n) is 1.78. The summed E-state index contributed by atoms with van der Waals surface area (Å²) in [5.41, 5.74) is 1.93. The predicted molar refractivity (Wildman–Crippen MR) is 82.7 cm³/mol. The maximum Gasteiger partial charge on any atom is 0.229 e. The van der Waals surface area contributed by atoms with Crippen LogP contribution < -0.4 is 10.6 Å². The van der Waals surface area contributed by atoms with Crippen LogP contribution in [0.25, 0.3) is 0 Å². The molecule has 0 atom stereocenters. The van der Waals surface area contributed by atoms with Gasteiger partial charge in [-0.15, -0.1) is 0 Å². The summed E-state index contributed by atoms with van der Waals surface area (Å²) in [6.07, 6.45) is 4.92. The van der Waals surface area contributed by atoms with Gasteiger partial charge in [-0.25, -0.2) is 4.98 Å². The highest BCUT2D eigenvalue weighted by atomic mass is 35.5. The van der Waals surface area contributed by atoms with E-state index in [1.165, 1.54) is 0 Å². The fourth-order valence-corrected chi connectivity index (χ4v) is 1.94. The van der Waals surface area contributed by atoms with Gasteiger partial charge in [-0.05, 0) is 5.56 Å². The summed E-state index contributed by atoms with van der Waals surface area (Å²) in [6.45, 7) is 0.642. The molecule has 0 bridgehead atoms. The zero-order chi connectivity index (χ0) is 14.5. The number of rotatable bonds is 5. The number of hydrogen-bond acceptors (Lipinski definition) is 5. The molecular weight excluding hydrogens is 288 g/mol. The lowest BCUT2D eigenvalue weighted by Gasteiger charge is -2.09. The lowest BCUT2D eigenvalue weighted by molar-refractivity contribution is 1.08. The highest BCUT2D eigenvalue weighted by Gasteiger charge is 2.06. The Hall–Kier alpha value is -2.60. The summed E-state index contributed by atoms with van der Waals surface area (Å²) in [5.74, 6) is 1.04. The molecule has 0 aliphatic carbocycles. The number of aromatic nitrogens is 4.